The first-order valence-corrected chi connectivity index (χ1v) is 27.1. The Morgan fingerprint density at radius 3 is 1.47 bits per heavy atom. The predicted molar refractivity (Wildman–Crippen MR) is 300 cm³/mol. The number of rotatable bonds is 12. The number of ether oxygens (including phenoxy) is 3. The molecule has 7 N–H and O–H groups in total. The van der Waals surface area contributed by atoms with E-state index in [1.165, 1.54) is 29.8 Å². The number of amides is 8. The first-order chi connectivity index (χ1) is 37.2. The van der Waals surface area contributed by atoms with Crippen LogP contribution in [0.15, 0.2) is 107 Å². The van der Waals surface area contributed by atoms with E-state index in [-0.39, 0.29) is 53.9 Å². The van der Waals surface area contributed by atoms with E-state index in [1.807, 2.05) is 74.5 Å². The van der Waals surface area contributed by atoms with Gasteiger partial charge in [-0.05, 0) is 75.9 Å². The van der Waals surface area contributed by atoms with E-state index in [9.17, 15) is 28.8 Å². The molecule has 2 spiro atoms. The van der Waals surface area contributed by atoms with Gasteiger partial charge >= 0.3 is 12.1 Å². The number of carbonyl (C=O) groups is 6. The molecule has 10 rings (SSSR count). The van der Waals surface area contributed by atoms with Gasteiger partial charge in [0.1, 0.15) is 39.4 Å². The highest BCUT2D eigenvalue weighted by molar-refractivity contribution is 7.24. The summed E-state index contributed by atoms with van der Waals surface area (Å²) in [5, 5.41) is 28.2. The number of nitrogens with zero attached hydrogens (tertiary/aromatic N) is 4. The zero-order valence-electron chi connectivity index (χ0n) is 42.8. The highest BCUT2D eigenvalue weighted by Crippen LogP contribution is 2.40. The van der Waals surface area contributed by atoms with Crippen molar-refractivity contribution in [2.24, 2.45) is 9.98 Å². The first-order valence-electron chi connectivity index (χ1n) is 24.9. The number of phenolic OH excluding ortho intramolecular Hbond substituents is 1. The molecule has 2 fully saturated rings. The third-order valence-corrected chi connectivity index (χ3v) is 15.6. The van der Waals surface area contributed by atoms with Crippen LogP contribution in [0.1, 0.15) is 60.2 Å². The van der Waals surface area contributed by atoms with Crippen LogP contribution >= 0.6 is 34.3 Å². The highest BCUT2D eigenvalue weighted by atomic mass is 35.5. The Balaban J connectivity index is 0.000000178. The molecular formula is C54H59ClN10O10S2. The first kappa shape index (κ1) is 55.3. The minimum atomic E-state index is -0.922. The molecule has 0 aliphatic carbocycles. The van der Waals surface area contributed by atoms with Gasteiger partial charge in [-0.25, -0.2) is 9.59 Å². The average molecular weight is 1110 g/mol. The molecule has 20 nitrogen and oxygen atoms in total. The van der Waals surface area contributed by atoms with E-state index in [0.29, 0.717) is 115 Å². The summed E-state index contributed by atoms with van der Waals surface area (Å²) in [5.74, 6) is 2.29. The number of phenols is 1. The minimum Gasteiger partial charge on any atom is -0.504 e. The van der Waals surface area contributed by atoms with Crippen molar-refractivity contribution in [1.29, 1.82) is 0 Å². The molecule has 0 unspecified atom stereocenters. The fraction of sp³-hybridized carbons (Fsp3) is 0.333. The van der Waals surface area contributed by atoms with Gasteiger partial charge in [0.15, 0.2) is 23.0 Å². The number of halogens is 1. The summed E-state index contributed by atoms with van der Waals surface area (Å²) < 4.78 is 17.8. The Kier molecular flexibility index (Phi) is 17.8. The molecule has 4 aliphatic rings. The number of fused-ring (bicyclic) bond motifs is 2. The van der Waals surface area contributed by atoms with Crippen LogP contribution in [0.2, 0.25) is 0 Å². The second-order valence-corrected chi connectivity index (χ2v) is 20.4. The smallest absolute Gasteiger partial charge is 0.319 e. The molecular weight excluding hydrogens is 1050 g/mol. The van der Waals surface area contributed by atoms with Gasteiger partial charge in [0, 0.05) is 59.4 Å². The van der Waals surface area contributed by atoms with Crippen molar-refractivity contribution in [3.05, 3.63) is 108 Å². The summed E-state index contributed by atoms with van der Waals surface area (Å²) in [7, 11) is 3.09. The van der Waals surface area contributed by atoms with E-state index in [0.717, 1.165) is 20.2 Å². The topological polar surface area (TPSA) is 254 Å². The Labute approximate surface area is 457 Å². The van der Waals surface area contributed by atoms with E-state index in [1.54, 1.807) is 53.3 Å². The van der Waals surface area contributed by atoms with Crippen LogP contribution in [0.25, 0.3) is 20.2 Å². The fourth-order valence-electron chi connectivity index (χ4n) is 9.28. The van der Waals surface area contributed by atoms with Crippen molar-refractivity contribution in [2.75, 3.05) is 76.6 Å². The Morgan fingerprint density at radius 1 is 0.623 bits per heavy atom. The molecule has 0 saturated carbocycles. The van der Waals surface area contributed by atoms with Crippen molar-refractivity contribution in [3.8, 4) is 23.0 Å². The molecule has 77 heavy (non-hydrogen) atoms. The molecule has 404 valence electrons. The largest absolute Gasteiger partial charge is 0.504 e. The lowest BCUT2D eigenvalue weighted by Gasteiger charge is -2.35. The number of anilines is 2. The fourth-order valence-corrected chi connectivity index (χ4v) is 11.6. The molecule has 23 heteroatoms. The summed E-state index contributed by atoms with van der Waals surface area (Å²) in [5.41, 5.74) is -0.800. The van der Waals surface area contributed by atoms with Gasteiger partial charge in [-0.15, -0.1) is 34.3 Å². The van der Waals surface area contributed by atoms with Crippen LogP contribution in [0.5, 0.6) is 23.0 Å². The maximum absolute atomic E-state index is 13.7. The molecule has 4 aliphatic heterocycles. The maximum Gasteiger partial charge on any atom is 0.319 e. The molecule has 0 radical (unpaired) electrons. The number of methoxy groups -OCH3 is 2. The maximum atomic E-state index is 13.7. The van der Waals surface area contributed by atoms with E-state index in [2.05, 4.69) is 36.9 Å². The number of benzene rings is 4. The van der Waals surface area contributed by atoms with Crippen LogP contribution in [-0.2, 0) is 9.59 Å². The van der Waals surface area contributed by atoms with Gasteiger partial charge < -0.3 is 50.4 Å². The zero-order valence-corrected chi connectivity index (χ0v) is 45.2. The lowest BCUT2D eigenvalue weighted by Crippen LogP contribution is -2.50. The molecule has 8 amide bonds. The van der Waals surface area contributed by atoms with E-state index in [4.69, 9.17) is 35.9 Å². The van der Waals surface area contributed by atoms with Crippen LogP contribution in [0.3, 0.4) is 0 Å². The number of nitrogens with one attached hydrogen (secondary N) is 6. The number of amidine groups is 2. The number of carbonyl (C=O) groups excluding carboxylic acids is 6. The van der Waals surface area contributed by atoms with Gasteiger partial charge in [-0.1, -0.05) is 60.7 Å². The third-order valence-electron chi connectivity index (χ3n) is 13.2. The standard InChI is InChI=1S/C27H29N5O5S.C20H22ClN5O3S.C7H8O2/c1-3-28-26(35)30-23-22(17-8-4-7-11-20(17)38-23)24(33)32-14-12-27(13-15-32)25(34)29-21(31-27)16-37-19-10-6-5-9-18(19)36-2;1-2-22-19(29)24-16-15(12-5-3-4-6-13(12)30-16)17(27)26-9-7-20(8-10-26)18(28)23-14(11-21)25-20;1-9-7-5-3-2-4-6(7)8/h4-11H,3,12-16H2,1-2H3,(H2,28,30,35)(H,29,31,34);3-6H,2,7-11H2,1H3,(H2,22,24,29)(H,23,25,28);2-5,8H,1H3. The number of alkyl halides is 1. The number of hydrogen-bond donors (Lipinski definition) is 7. The Hall–Kier alpha value is -7.95. The molecule has 4 aromatic carbocycles. The Morgan fingerprint density at radius 2 is 1.04 bits per heavy atom. The van der Waals surface area contributed by atoms with Crippen LogP contribution in [-0.4, -0.2) is 139 Å². The number of likely N-dealkylation sites (tertiary alicyclic amines) is 2. The number of hydrogen-bond acceptors (Lipinski definition) is 14. The monoisotopic (exact) mass is 1110 g/mol. The number of aliphatic imine (C=N–C) groups is 2. The normalized spacial score (nSPS) is 16.0. The summed E-state index contributed by atoms with van der Waals surface area (Å²) in [6.07, 6.45) is 1.66. The summed E-state index contributed by atoms with van der Waals surface area (Å²) in [4.78, 5) is 89.5. The lowest BCUT2D eigenvalue weighted by atomic mass is 9.87. The van der Waals surface area contributed by atoms with Crippen molar-refractivity contribution >= 4 is 112 Å². The predicted octanol–water partition coefficient (Wildman–Crippen LogP) is 7.82. The van der Waals surface area contributed by atoms with Crippen LogP contribution in [0, 0.1) is 0 Å². The van der Waals surface area contributed by atoms with Crippen LogP contribution < -0.4 is 46.1 Å². The molecule has 2 aromatic heterocycles. The number of urea groups is 2. The summed E-state index contributed by atoms with van der Waals surface area (Å²) in [6, 6.07) is 28.6. The third kappa shape index (κ3) is 12.3. The average Bonchev–Trinajstić information content (AvgIpc) is 4.23. The number of para-hydroxylation sites is 4. The summed E-state index contributed by atoms with van der Waals surface area (Å²) in [6.45, 7) is 6.25. The van der Waals surface area contributed by atoms with Gasteiger partial charge in [0.2, 0.25) is 0 Å². The van der Waals surface area contributed by atoms with Gasteiger partial charge in [0.25, 0.3) is 23.6 Å². The number of aromatic hydroxyl groups is 1. The molecule has 0 bridgehead atoms. The Bertz CT molecular complexity index is 3240. The SMILES string of the molecule is CCNC(=O)Nc1sc2ccccc2c1C(=O)N1CCC2(CC1)N=C(CCl)NC2=O.CCNC(=O)Nc1sc2ccccc2c1C(=O)N1CCC2(CC1)N=C(COc1ccccc1OC)NC2=O.COc1ccccc1O. The summed E-state index contributed by atoms with van der Waals surface area (Å²) >= 11 is 8.55. The van der Waals surface area contributed by atoms with Crippen molar-refractivity contribution in [3.63, 3.8) is 0 Å². The zero-order chi connectivity index (χ0) is 54.7. The van der Waals surface area contributed by atoms with Crippen molar-refractivity contribution < 1.29 is 48.1 Å². The quantitative estimate of drug-likeness (QED) is 0.0585. The lowest BCUT2D eigenvalue weighted by molar-refractivity contribution is -0.125. The van der Waals surface area contributed by atoms with Gasteiger partial charge in [0.05, 0.1) is 31.2 Å². The van der Waals surface area contributed by atoms with Gasteiger partial charge in [-0.3, -0.25) is 39.8 Å². The van der Waals surface area contributed by atoms with Gasteiger partial charge in [-0.2, -0.15) is 0 Å². The second kappa shape index (κ2) is 24.8. The van der Waals surface area contributed by atoms with E-state index < -0.39 is 11.1 Å². The number of piperidine rings is 2. The second-order valence-electron chi connectivity index (χ2n) is 18.0. The minimum absolute atomic E-state index is 0.103. The molecule has 2 saturated heterocycles. The van der Waals surface area contributed by atoms with E-state index >= 15 is 0 Å². The highest BCUT2D eigenvalue weighted by Gasteiger charge is 2.48. The molecule has 0 atom stereocenters. The van der Waals surface area contributed by atoms with Crippen LogP contribution in [0.4, 0.5) is 19.6 Å². The molecule has 6 heterocycles. The number of thiophene rings is 2. The van der Waals surface area contributed by atoms with Crippen molar-refractivity contribution in [2.45, 2.75) is 50.6 Å². The molecule has 6 aromatic rings. The van der Waals surface area contributed by atoms with Crippen molar-refractivity contribution in [1.82, 2.24) is 31.1 Å².